The minimum Gasteiger partial charge on any atom is -0.379 e. The predicted molar refractivity (Wildman–Crippen MR) is 104 cm³/mol. The van der Waals surface area contributed by atoms with Gasteiger partial charge in [-0.1, -0.05) is 13.8 Å². The van der Waals surface area contributed by atoms with Crippen LogP contribution >= 0.6 is 12.4 Å². The van der Waals surface area contributed by atoms with Gasteiger partial charge in [0.2, 0.25) is 0 Å². The summed E-state index contributed by atoms with van der Waals surface area (Å²) in [5.74, 6) is 0.394. The molecule has 3 heterocycles. The van der Waals surface area contributed by atoms with Crippen LogP contribution in [0.3, 0.4) is 0 Å². The molecule has 0 bridgehead atoms. The van der Waals surface area contributed by atoms with Crippen molar-refractivity contribution in [1.82, 2.24) is 25.3 Å². The molecule has 2 atom stereocenters. The summed E-state index contributed by atoms with van der Waals surface area (Å²) in [5.41, 5.74) is 0.509. The van der Waals surface area contributed by atoms with Crippen LogP contribution in [-0.2, 0) is 4.74 Å². The van der Waals surface area contributed by atoms with Crippen molar-refractivity contribution >= 4 is 18.3 Å². The van der Waals surface area contributed by atoms with Crippen LogP contribution in [0.5, 0.6) is 0 Å². The predicted octanol–water partition coefficient (Wildman–Crippen LogP) is 1.32. The molecule has 2 aliphatic heterocycles. The summed E-state index contributed by atoms with van der Waals surface area (Å²) in [6.45, 7) is 10.5. The number of carbonyl (C=O) groups is 1. The molecule has 0 spiro atoms. The fraction of sp³-hybridized carbons (Fsp3) is 0.778. The van der Waals surface area contributed by atoms with Crippen LogP contribution in [0.1, 0.15) is 43.2 Å². The van der Waals surface area contributed by atoms with Crippen LogP contribution in [0.4, 0.5) is 0 Å². The SMILES string of the molecule is CC(C)C(CNC(=O)c1ccn(C2CCCNC2)n1)N1CCOCC1.Cl. The van der Waals surface area contributed by atoms with Crippen molar-refractivity contribution in [2.24, 2.45) is 5.92 Å². The van der Waals surface area contributed by atoms with Crippen LogP contribution in [0.15, 0.2) is 12.3 Å². The van der Waals surface area contributed by atoms with Crippen molar-refractivity contribution < 1.29 is 9.53 Å². The first-order valence-electron chi connectivity index (χ1n) is 9.51. The van der Waals surface area contributed by atoms with E-state index in [0.717, 1.165) is 52.2 Å². The largest absolute Gasteiger partial charge is 0.379 e. The molecule has 1 aromatic heterocycles. The highest BCUT2D eigenvalue weighted by Crippen LogP contribution is 2.16. The van der Waals surface area contributed by atoms with Crippen molar-refractivity contribution in [3.05, 3.63) is 18.0 Å². The number of rotatable bonds is 6. The van der Waals surface area contributed by atoms with Gasteiger partial charge in [-0.15, -0.1) is 12.4 Å². The molecule has 148 valence electrons. The van der Waals surface area contributed by atoms with Crippen LogP contribution in [0.2, 0.25) is 0 Å². The molecule has 26 heavy (non-hydrogen) atoms. The molecule has 7 nitrogen and oxygen atoms in total. The van der Waals surface area contributed by atoms with Crippen molar-refractivity contribution in [3.8, 4) is 0 Å². The lowest BCUT2D eigenvalue weighted by molar-refractivity contribution is 0.00671. The number of hydrogen-bond acceptors (Lipinski definition) is 5. The lowest BCUT2D eigenvalue weighted by Crippen LogP contribution is -2.51. The Balaban J connectivity index is 0.00000243. The van der Waals surface area contributed by atoms with Crippen molar-refractivity contribution in [1.29, 1.82) is 0 Å². The molecule has 2 saturated heterocycles. The number of piperidine rings is 1. The maximum Gasteiger partial charge on any atom is 0.271 e. The minimum atomic E-state index is -0.0820. The van der Waals surface area contributed by atoms with Gasteiger partial charge >= 0.3 is 0 Å². The Morgan fingerprint density at radius 3 is 2.85 bits per heavy atom. The third-order valence-electron chi connectivity index (χ3n) is 5.24. The summed E-state index contributed by atoms with van der Waals surface area (Å²) in [6.07, 6.45) is 4.19. The highest BCUT2D eigenvalue weighted by Gasteiger charge is 2.25. The van der Waals surface area contributed by atoms with E-state index in [1.165, 1.54) is 0 Å². The van der Waals surface area contributed by atoms with Crippen LogP contribution in [-0.4, -0.2) is 72.6 Å². The van der Waals surface area contributed by atoms with E-state index in [2.05, 4.69) is 34.5 Å². The second-order valence-corrected chi connectivity index (χ2v) is 7.35. The standard InChI is InChI=1S/C18H31N5O2.ClH/c1-14(2)17(22-8-10-25-11-9-22)13-20-18(24)16-5-7-23(21-16)15-4-3-6-19-12-15;/h5,7,14-15,17,19H,3-4,6,8-13H2,1-2H3,(H,20,24);1H. The zero-order valence-corrected chi connectivity index (χ0v) is 16.6. The molecule has 1 amide bonds. The Kier molecular flexibility index (Phi) is 8.34. The zero-order chi connectivity index (χ0) is 17.6. The number of carbonyl (C=O) groups excluding carboxylic acids is 1. The monoisotopic (exact) mass is 385 g/mol. The lowest BCUT2D eigenvalue weighted by Gasteiger charge is -2.36. The average Bonchev–Trinajstić information content (AvgIpc) is 3.13. The molecule has 0 radical (unpaired) electrons. The molecule has 1 aromatic rings. The third-order valence-corrected chi connectivity index (χ3v) is 5.24. The van der Waals surface area contributed by atoms with Gasteiger partial charge in [0.15, 0.2) is 0 Å². The number of aromatic nitrogens is 2. The molecule has 8 heteroatoms. The fourth-order valence-electron chi connectivity index (χ4n) is 3.71. The van der Waals surface area contributed by atoms with Crippen molar-refractivity contribution in [2.45, 2.75) is 38.8 Å². The summed E-state index contributed by atoms with van der Waals surface area (Å²) in [4.78, 5) is 14.9. The quantitative estimate of drug-likeness (QED) is 0.772. The first-order chi connectivity index (χ1) is 12.1. The van der Waals surface area contributed by atoms with E-state index in [4.69, 9.17) is 4.74 Å². The van der Waals surface area contributed by atoms with Gasteiger partial charge in [-0.3, -0.25) is 14.4 Å². The Labute approximate surface area is 162 Å². The molecular weight excluding hydrogens is 354 g/mol. The third kappa shape index (κ3) is 5.42. The lowest BCUT2D eigenvalue weighted by atomic mass is 10.0. The van der Waals surface area contributed by atoms with Gasteiger partial charge in [-0.2, -0.15) is 5.10 Å². The van der Waals surface area contributed by atoms with Crippen molar-refractivity contribution in [2.75, 3.05) is 45.9 Å². The van der Waals surface area contributed by atoms with E-state index in [1.54, 1.807) is 0 Å². The fourth-order valence-corrected chi connectivity index (χ4v) is 3.71. The topological polar surface area (TPSA) is 71.4 Å². The molecule has 0 aliphatic carbocycles. The molecule has 2 unspecified atom stereocenters. The van der Waals surface area contributed by atoms with Gasteiger partial charge in [0.05, 0.1) is 19.3 Å². The molecule has 3 rings (SSSR count). The zero-order valence-electron chi connectivity index (χ0n) is 15.8. The summed E-state index contributed by atoms with van der Waals surface area (Å²) in [5, 5.41) is 11.0. The number of halogens is 1. The van der Waals surface area contributed by atoms with E-state index >= 15 is 0 Å². The number of morpholine rings is 1. The first-order valence-corrected chi connectivity index (χ1v) is 9.51. The van der Waals surface area contributed by atoms with Crippen LogP contribution in [0, 0.1) is 5.92 Å². The molecule has 0 saturated carbocycles. The first kappa shape index (κ1) is 21.2. The number of ether oxygens (including phenoxy) is 1. The number of nitrogens with one attached hydrogen (secondary N) is 2. The van der Waals surface area contributed by atoms with Gasteiger partial charge in [0, 0.05) is 38.4 Å². The maximum absolute atomic E-state index is 12.5. The highest BCUT2D eigenvalue weighted by molar-refractivity contribution is 5.92. The smallest absolute Gasteiger partial charge is 0.271 e. The Bertz CT molecular complexity index is 554. The normalized spacial score (nSPS) is 22.7. The van der Waals surface area contributed by atoms with E-state index in [1.807, 2.05) is 16.9 Å². The molecule has 2 aliphatic rings. The van der Waals surface area contributed by atoms with E-state index in [-0.39, 0.29) is 18.3 Å². The van der Waals surface area contributed by atoms with Crippen LogP contribution in [0.25, 0.3) is 0 Å². The van der Waals surface area contributed by atoms with Gasteiger partial charge in [0.25, 0.3) is 5.91 Å². The average molecular weight is 386 g/mol. The second kappa shape index (κ2) is 10.3. The summed E-state index contributed by atoms with van der Waals surface area (Å²) >= 11 is 0. The van der Waals surface area contributed by atoms with Gasteiger partial charge in [0.1, 0.15) is 5.69 Å². The molecule has 2 fully saturated rings. The Hall–Kier alpha value is -1.15. The summed E-state index contributed by atoms with van der Waals surface area (Å²) in [6, 6.07) is 2.51. The van der Waals surface area contributed by atoms with E-state index in [0.29, 0.717) is 30.2 Å². The molecular formula is C18H32ClN5O2. The van der Waals surface area contributed by atoms with Crippen LogP contribution < -0.4 is 10.6 Å². The number of hydrogen-bond donors (Lipinski definition) is 2. The van der Waals surface area contributed by atoms with Crippen molar-refractivity contribution in [3.63, 3.8) is 0 Å². The molecule has 0 aromatic carbocycles. The number of amides is 1. The maximum atomic E-state index is 12.5. The second-order valence-electron chi connectivity index (χ2n) is 7.35. The Morgan fingerprint density at radius 2 is 2.19 bits per heavy atom. The molecule has 2 N–H and O–H groups in total. The van der Waals surface area contributed by atoms with Gasteiger partial charge in [-0.05, 0) is 31.4 Å². The summed E-state index contributed by atoms with van der Waals surface area (Å²) < 4.78 is 7.37. The van der Waals surface area contributed by atoms with Gasteiger partial charge < -0.3 is 15.4 Å². The minimum absolute atomic E-state index is 0. The van der Waals surface area contributed by atoms with E-state index in [9.17, 15) is 4.79 Å². The van der Waals surface area contributed by atoms with E-state index < -0.39 is 0 Å². The number of nitrogens with zero attached hydrogens (tertiary/aromatic N) is 3. The van der Waals surface area contributed by atoms with Gasteiger partial charge in [-0.25, -0.2) is 0 Å². The summed E-state index contributed by atoms with van der Waals surface area (Å²) in [7, 11) is 0. The highest BCUT2D eigenvalue weighted by atomic mass is 35.5. The Morgan fingerprint density at radius 1 is 1.42 bits per heavy atom.